The molecule has 9 atom stereocenters. The molecule has 0 radical (unpaired) electrons. The number of phenolic OH excluding ortho intramolecular Hbond substituents is 1. The summed E-state index contributed by atoms with van der Waals surface area (Å²) in [5, 5.41) is 10.3. The van der Waals surface area contributed by atoms with E-state index in [1.54, 1.807) is 0 Å². The Balaban J connectivity index is 1.31. The van der Waals surface area contributed by atoms with Crippen LogP contribution in [0.5, 0.6) is 5.75 Å². The average Bonchev–Trinajstić information content (AvgIpc) is 3.15. The molecule has 164 valence electrons. The highest BCUT2D eigenvalue weighted by molar-refractivity contribution is 5.45. The van der Waals surface area contributed by atoms with Gasteiger partial charge >= 0.3 is 0 Å². The summed E-state index contributed by atoms with van der Waals surface area (Å²) in [6, 6.07) is 4.04. The second kappa shape index (κ2) is 6.48. The minimum absolute atomic E-state index is 0.311. The van der Waals surface area contributed by atoms with Crippen molar-refractivity contribution in [2.24, 2.45) is 35.0 Å². The highest BCUT2D eigenvalue weighted by Crippen LogP contribution is 2.69. The van der Waals surface area contributed by atoms with Crippen LogP contribution in [0.25, 0.3) is 0 Å². The molecule has 1 spiro atoms. The van der Waals surface area contributed by atoms with E-state index in [4.69, 9.17) is 9.47 Å². The Morgan fingerprint density at radius 2 is 1.93 bits per heavy atom. The van der Waals surface area contributed by atoms with Crippen LogP contribution in [0.15, 0.2) is 12.1 Å². The Kier molecular flexibility index (Phi) is 4.24. The van der Waals surface area contributed by atoms with Crippen molar-refractivity contribution in [2.45, 2.75) is 90.4 Å². The number of aryl methyl sites for hydroxylation is 1. The summed E-state index contributed by atoms with van der Waals surface area (Å²) in [6.45, 7) is 10.3. The quantitative estimate of drug-likeness (QED) is 0.573. The van der Waals surface area contributed by atoms with Gasteiger partial charge in [-0.05, 0) is 109 Å². The molecule has 30 heavy (non-hydrogen) atoms. The average molecular weight is 411 g/mol. The van der Waals surface area contributed by atoms with Crippen molar-refractivity contribution < 1.29 is 14.6 Å². The van der Waals surface area contributed by atoms with Crippen LogP contribution >= 0.6 is 0 Å². The molecule has 4 fully saturated rings. The zero-order chi connectivity index (χ0) is 20.8. The van der Waals surface area contributed by atoms with Crippen LogP contribution in [-0.2, 0) is 15.9 Å². The predicted molar refractivity (Wildman–Crippen MR) is 117 cm³/mol. The first kappa shape index (κ1) is 19.6. The monoisotopic (exact) mass is 410 g/mol. The summed E-state index contributed by atoms with van der Waals surface area (Å²) in [5.74, 6) is 4.01. The van der Waals surface area contributed by atoms with E-state index >= 15 is 0 Å². The standard InChI is InChI=1S/C27H38O3/c1-15-7-10-27(29-14-15)17(3)25-24(30-27)13-23-21-6-5-19-16(2)11-18(28)12-22(19)20(21)8-9-26(23,25)4/h11-12,15,17,20-21,23-25,28H,5-10,13-14H2,1-4H3. The summed E-state index contributed by atoms with van der Waals surface area (Å²) < 4.78 is 13.3. The third-order valence-electron chi connectivity index (χ3n) is 10.3. The number of hydrogen-bond donors (Lipinski definition) is 1. The Morgan fingerprint density at radius 3 is 2.70 bits per heavy atom. The van der Waals surface area contributed by atoms with Crippen LogP contribution in [0.4, 0.5) is 0 Å². The minimum Gasteiger partial charge on any atom is -0.508 e. The second-order valence-electron chi connectivity index (χ2n) is 11.8. The Labute approximate surface area is 181 Å². The number of phenols is 1. The van der Waals surface area contributed by atoms with E-state index in [-0.39, 0.29) is 5.79 Å². The zero-order valence-electron chi connectivity index (χ0n) is 19.1. The summed E-state index contributed by atoms with van der Waals surface area (Å²) in [7, 11) is 0. The van der Waals surface area contributed by atoms with Gasteiger partial charge in [0.2, 0.25) is 0 Å². The highest BCUT2D eigenvalue weighted by Gasteiger charge is 2.67. The van der Waals surface area contributed by atoms with Crippen molar-refractivity contribution in [2.75, 3.05) is 6.61 Å². The molecule has 2 aliphatic heterocycles. The minimum atomic E-state index is -0.311. The molecule has 1 aromatic carbocycles. The van der Waals surface area contributed by atoms with E-state index in [1.165, 1.54) is 55.2 Å². The fourth-order valence-electron chi connectivity index (χ4n) is 8.90. The molecule has 0 bridgehead atoms. The van der Waals surface area contributed by atoms with Gasteiger partial charge in [0.25, 0.3) is 0 Å². The van der Waals surface area contributed by atoms with E-state index in [0.29, 0.717) is 40.9 Å². The molecule has 2 saturated carbocycles. The van der Waals surface area contributed by atoms with Gasteiger partial charge < -0.3 is 14.6 Å². The number of ether oxygens (including phenoxy) is 2. The van der Waals surface area contributed by atoms with Crippen LogP contribution < -0.4 is 0 Å². The first-order chi connectivity index (χ1) is 14.3. The van der Waals surface area contributed by atoms with Gasteiger partial charge in [0, 0.05) is 12.3 Å². The third kappa shape index (κ3) is 2.51. The molecule has 3 aliphatic carbocycles. The molecule has 3 heteroatoms. The van der Waals surface area contributed by atoms with Crippen LogP contribution in [0.2, 0.25) is 0 Å². The predicted octanol–water partition coefficient (Wildman–Crippen LogP) is 5.96. The van der Waals surface area contributed by atoms with Crippen LogP contribution in [0.3, 0.4) is 0 Å². The van der Waals surface area contributed by atoms with Gasteiger partial charge in [-0.15, -0.1) is 0 Å². The number of rotatable bonds is 0. The molecule has 1 N–H and O–H groups in total. The van der Waals surface area contributed by atoms with Gasteiger partial charge in [-0.3, -0.25) is 0 Å². The van der Waals surface area contributed by atoms with Gasteiger partial charge in [-0.25, -0.2) is 0 Å². The smallest absolute Gasteiger partial charge is 0.171 e. The Hall–Kier alpha value is -1.06. The highest BCUT2D eigenvalue weighted by atomic mass is 16.7. The number of hydrogen-bond acceptors (Lipinski definition) is 3. The van der Waals surface area contributed by atoms with Crippen molar-refractivity contribution >= 4 is 0 Å². The van der Waals surface area contributed by atoms with Crippen molar-refractivity contribution in [3.8, 4) is 5.75 Å². The van der Waals surface area contributed by atoms with Gasteiger partial charge in [0.1, 0.15) is 5.75 Å². The van der Waals surface area contributed by atoms with Crippen LogP contribution in [0.1, 0.15) is 81.9 Å². The van der Waals surface area contributed by atoms with E-state index in [1.807, 2.05) is 6.07 Å². The Bertz CT molecular complexity index is 854. The van der Waals surface area contributed by atoms with Crippen molar-refractivity contribution in [1.82, 2.24) is 0 Å². The zero-order valence-corrected chi connectivity index (χ0v) is 19.1. The molecule has 2 saturated heterocycles. The maximum Gasteiger partial charge on any atom is 0.171 e. The van der Waals surface area contributed by atoms with Crippen LogP contribution in [-0.4, -0.2) is 23.6 Å². The number of benzene rings is 1. The Morgan fingerprint density at radius 1 is 1.10 bits per heavy atom. The normalized spacial score (nSPS) is 49.4. The van der Waals surface area contributed by atoms with E-state index in [9.17, 15) is 5.11 Å². The fourth-order valence-corrected chi connectivity index (χ4v) is 8.90. The van der Waals surface area contributed by atoms with Crippen molar-refractivity contribution in [3.63, 3.8) is 0 Å². The van der Waals surface area contributed by atoms with E-state index < -0.39 is 0 Å². The summed E-state index contributed by atoms with van der Waals surface area (Å²) >= 11 is 0. The lowest BCUT2D eigenvalue weighted by atomic mass is 9.52. The molecule has 9 unspecified atom stereocenters. The maximum atomic E-state index is 10.3. The lowest BCUT2D eigenvalue weighted by Gasteiger charge is -2.52. The number of aromatic hydroxyl groups is 1. The van der Waals surface area contributed by atoms with Gasteiger partial charge in [0.15, 0.2) is 5.79 Å². The van der Waals surface area contributed by atoms with Crippen LogP contribution in [0, 0.1) is 41.9 Å². The van der Waals surface area contributed by atoms with Crippen molar-refractivity contribution in [3.05, 3.63) is 28.8 Å². The first-order valence-electron chi connectivity index (χ1n) is 12.5. The topological polar surface area (TPSA) is 38.7 Å². The largest absolute Gasteiger partial charge is 0.508 e. The van der Waals surface area contributed by atoms with Gasteiger partial charge in [0.05, 0.1) is 12.7 Å². The third-order valence-corrected chi connectivity index (χ3v) is 10.3. The van der Waals surface area contributed by atoms with Crippen molar-refractivity contribution in [1.29, 1.82) is 0 Å². The maximum absolute atomic E-state index is 10.3. The lowest BCUT2D eigenvalue weighted by molar-refractivity contribution is -0.272. The molecular weight excluding hydrogens is 372 g/mol. The van der Waals surface area contributed by atoms with Gasteiger partial charge in [-0.1, -0.05) is 20.8 Å². The van der Waals surface area contributed by atoms with Gasteiger partial charge in [-0.2, -0.15) is 0 Å². The fraction of sp³-hybridized carbons (Fsp3) is 0.778. The first-order valence-corrected chi connectivity index (χ1v) is 12.5. The molecule has 3 nitrogen and oxygen atoms in total. The molecule has 1 aromatic rings. The molecule has 5 aliphatic rings. The van der Waals surface area contributed by atoms with E-state index in [2.05, 4.69) is 33.8 Å². The lowest BCUT2D eigenvalue weighted by Crippen LogP contribution is -2.48. The molecular formula is C27H38O3. The van der Waals surface area contributed by atoms with E-state index in [0.717, 1.165) is 24.9 Å². The second-order valence-corrected chi connectivity index (χ2v) is 11.8. The molecule has 0 aromatic heterocycles. The number of fused-ring (bicyclic) bond motifs is 7. The molecule has 6 rings (SSSR count). The molecule has 2 heterocycles. The molecule has 0 amide bonds. The summed E-state index contributed by atoms with van der Waals surface area (Å²) in [5.41, 5.74) is 4.62. The SMILES string of the molecule is Cc1cc(O)cc2c1CCC1C2CCC2(C)C1CC1OC3(CCC(C)CO3)C(C)C12. The summed E-state index contributed by atoms with van der Waals surface area (Å²) in [4.78, 5) is 0. The summed E-state index contributed by atoms with van der Waals surface area (Å²) in [6.07, 6.45) is 8.90.